The average Bonchev–Trinajstić information content (AvgIpc) is 2.34. The van der Waals surface area contributed by atoms with Crippen molar-refractivity contribution in [2.45, 2.75) is 6.04 Å². The minimum absolute atomic E-state index is 0.420. The van der Waals surface area contributed by atoms with E-state index in [0.717, 1.165) is 5.33 Å². The maximum Gasteiger partial charge on any atom is 0.502 e. The van der Waals surface area contributed by atoms with E-state index >= 15 is 0 Å². The minimum atomic E-state index is -2.64. The van der Waals surface area contributed by atoms with Gasteiger partial charge in [-0.2, -0.15) is 0 Å². The molecule has 0 N–H and O–H groups in total. The van der Waals surface area contributed by atoms with E-state index in [1.54, 1.807) is 19.3 Å². The molecule has 0 aromatic rings. The molecule has 0 radical (unpaired) electrons. The Hall–Kier alpha value is 0.0169. The molecule has 0 fully saturated rings. The predicted octanol–water partition coefficient (Wildman–Crippen LogP) is 2.39. The van der Waals surface area contributed by atoms with Crippen molar-refractivity contribution in [1.82, 2.24) is 0 Å². The third kappa shape index (κ3) is 7.85. The number of ether oxygens (including phenoxy) is 1. The first-order valence-corrected chi connectivity index (χ1v) is 8.48. The summed E-state index contributed by atoms with van der Waals surface area (Å²) in [5.41, 5.74) is 0. The molecule has 0 saturated heterocycles. The molecule has 17 heavy (non-hydrogen) atoms. The summed E-state index contributed by atoms with van der Waals surface area (Å²) in [6, 6.07) is 0.707. The van der Waals surface area contributed by atoms with Crippen molar-refractivity contribution in [3.05, 3.63) is 25.3 Å². The Bertz CT molecular complexity index is 202. The van der Waals surface area contributed by atoms with Crippen LogP contribution in [0.25, 0.3) is 0 Å². The van der Waals surface area contributed by atoms with Crippen LogP contribution in [0.3, 0.4) is 0 Å². The standard InChI is InChI=1S/C11H21BrO4Si/c1-4-7-14-17(11-6-12,15-8-5-2)16-10-9-13-3/h4-5H,1-2,6-11H2,3H3. The van der Waals surface area contributed by atoms with Crippen LogP contribution in [0.2, 0.25) is 6.04 Å². The van der Waals surface area contributed by atoms with Gasteiger partial charge in [-0.1, -0.05) is 28.1 Å². The fourth-order valence-electron chi connectivity index (χ4n) is 1.11. The van der Waals surface area contributed by atoms with Crippen LogP contribution in [0.5, 0.6) is 0 Å². The van der Waals surface area contributed by atoms with Gasteiger partial charge in [0, 0.05) is 18.5 Å². The van der Waals surface area contributed by atoms with E-state index in [1.807, 2.05) is 0 Å². The van der Waals surface area contributed by atoms with Crippen molar-refractivity contribution in [3.8, 4) is 0 Å². The highest BCUT2D eigenvalue weighted by atomic mass is 79.9. The van der Waals surface area contributed by atoms with E-state index in [-0.39, 0.29) is 0 Å². The number of hydrogen-bond acceptors (Lipinski definition) is 4. The zero-order valence-electron chi connectivity index (χ0n) is 10.3. The van der Waals surface area contributed by atoms with Gasteiger partial charge >= 0.3 is 8.80 Å². The third-order valence-electron chi connectivity index (χ3n) is 1.85. The van der Waals surface area contributed by atoms with Crippen molar-refractivity contribution >= 4 is 24.7 Å². The second-order valence-electron chi connectivity index (χ2n) is 3.16. The van der Waals surface area contributed by atoms with Crippen LogP contribution in [-0.4, -0.2) is 47.7 Å². The van der Waals surface area contributed by atoms with E-state index in [1.165, 1.54) is 0 Å². The van der Waals surface area contributed by atoms with Crippen LogP contribution in [0.4, 0.5) is 0 Å². The molecule has 0 saturated carbocycles. The van der Waals surface area contributed by atoms with Crippen molar-refractivity contribution in [2.75, 3.05) is 38.9 Å². The molecule has 0 aromatic heterocycles. The van der Waals surface area contributed by atoms with Gasteiger partial charge in [0.2, 0.25) is 0 Å². The van der Waals surface area contributed by atoms with E-state index < -0.39 is 8.80 Å². The molecule has 6 heteroatoms. The quantitative estimate of drug-likeness (QED) is 0.239. The van der Waals surface area contributed by atoms with Crippen molar-refractivity contribution < 1.29 is 18.0 Å². The summed E-state index contributed by atoms with van der Waals surface area (Å²) >= 11 is 3.39. The third-order valence-corrected chi connectivity index (χ3v) is 5.70. The molecule has 0 atom stereocenters. The van der Waals surface area contributed by atoms with E-state index in [9.17, 15) is 0 Å². The molecule has 0 aliphatic heterocycles. The van der Waals surface area contributed by atoms with Gasteiger partial charge in [-0.05, 0) is 0 Å². The zero-order valence-corrected chi connectivity index (χ0v) is 12.9. The first-order valence-electron chi connectivity index (χ1n) is 5.43. The Morgan fingerprint density at radius 3 is 2.06 bits per heavy atom. The lowest BCUT2D eigenvalue weighted by Gasteiger charge is -2.28. The van der Waals surface area contributed by atoms with Gasteiger partial charge in [-0.25, -0.2) is 0 Å². The monoisotopic (exact) mass is 324 g/mol. The number of hydrogen-bond donors (Lipinski definition) is 0. The molecule has 0 aliphatic carbocycles. The lowest BCUT2D eigenvalue weighted by Crippen LogP contribution is -2.47. The van der Waals surface area contributed by atoms with Gasteiger partial charge < -0.3 is 18.0 Å². The molecule has 0 unspecified atom stereocenters. The zero-order chi connectivity index (χ0) is 13.0. The van der Waals surface area contributed by atoms with Crippen LogP contribution >= 0.6 is 15.9 Å². The maximum atomic E-state index is 5.76. The Morgan fingerprint density at radius 1 is 1.06 bits per heavy atom. The molecule has 0 aliphatic rings. The Morgan fingerprint density at radius 2 is 1.65 bits per heavy atom. The van der Waals surface area contributed by atoms with Gasteiger partial charge in [-0.3, -0.25) is 0 Å². The van der Waals surface area contributed by atoms with Gasteiger partial charge in [0.05, 0.1) is 26.4 Å². The van der Waals surface area contributed by atoms with E-state index in [2.05, 4.69) is 29.1 Å². The number of halogens is 1. The molecule has 0 spiro atoms. The lowest BCUT2D eigenvalue weighted by atomic mass is 10.7. The van der Waals surface area contributed by atoms with Gasteiger partial charge in [0.25, 0.3) is 0 Å². The number of alkyl halides is 1. The summed E-state index contributed by atoms with van der Waals surface area (Å²) in [7, 11) is -1.01. The molecular weight excluding hydrogens is 304 g/mol. The first kappa shape index (κ1) is 17.0. The average molecular weight is 325 g/mol. The molecule has 0 rings (SSSR count). The maximum absolute atomic E-state index is 5.76. The second kappa shape index (κ2) is 11.1. The van der Waals surface area contributed by atoms with E-state index in [4.69, 9.17) is 18.0 Å². The topological polar surface area (TPSA) is 36.9 Å². The molecule has 4 nitrogen and oxygen atoms in total. The number of rotatable bonds is 12. The summed E-state index contributed by atoms with van der Waals surface area (Å²) in [4.78, 5) is 0. The van der Waals surface area contributed by atoms with Crippen LogP contribution in [-0.2, 0) is 18.0 Å². The summed E-state index contributed by atoms with van der Waals surface area (Å²) in [6.45, 7) is 9.08. The summed E-state index contributed by atoms with van der Waals surface area (Å²) < 4.78 is 22.1. The highest BCUT2D eigenvalue weighted by Gasteiger charge is 2.40. The molecule has 0 amide bonds. The fourth-order valence-corrected chi connectivity index (χ4v) is 4.62. The SMILES string of the molecule is C=CCO[Si](CCBr)(OCC=C)OCCOC. The summed E-state index contributed by atoms with van der Waals surface area (Å²) in [5.74, 6) is 0. The molecular formula is C11H21BrO4Si. The first-order chi connectivity index (χ1) is 8.24. The molecule has 100 valence electrons. The molecule has 0 aromatic carbocycles. The highest BCUT2D eigenvalue weighted by Crippen LogP contribution is 2.17. The van der Waals surface area contributed by atoms with Crippen molar-refractivity contribution in [3.63, 3.8) is 0 Å². The van der Waals surface area contributed by atoms with Crippen LogP contribution in [0, 0.1) is 0 Å². The normalized spacial score (nSPS) is 11.4. The lowest BCUT2D eigenvalue weighted by molar-refractivity contribution is 0.0529. The Kier molecular flexibility index (Phi) is 11.1. The van der Waals surface area contributed by atoms with Gasteiger partial charge in [0.15, 0.2) is 0 Å². The largest absolute Gasteiger partial charge is 0.502 e. The van der Waals surface area contributed by atoms with Crippen LogP contribution < -0.4 is 0 Å². The minimum Gasteiger partial charge on any atom is -0.382 e. The Balaban J connectivity index is 4.42. The Labute approximate surface area is 113 Å². The summed E-state index contributed by atoms with van der Waals surface area (Å²) in [5, 5.41) is 0.764. The van der Waals surface area contributed by atoms with Crippen LogP contribution in [0.15, 0.2) is 25.3 Å². The van der Waals surface area contributed by atoms with Gasteiger partial charge in [-0.15, -0.1) is 13.2 Å². The number of methoxy groups -OCH3 is 1. The fraction of sp³-hybridized carbons (Fsp3) is 0.636. The smallest absolute Gasteiger partial charge is 0.382 e. The second-order valence-corrected chi connectivity index (χ2v) is 6.69. The van der Waals surface area contributed by atoms with Gasteiger partial charge in [0.1, 0.15) is 0 Å². The predicted molar refractivity (Wildman–Crippen MR) is 74.5 cm³/mol. The van der Waals surface area contributed by atoms with E-state index in [0.29, 0.717) is 32.5 Å². The van der Waals surface area contributed by atoms with Crippen LogP contribution in [0.1, 0.15) is 0 Å². The highest BCUT2D eigenvalue weighted by molar-refractivity contribution is 9.09. The van der Waals surface area contributed by atoms with Crippen molar-refractivity contribution in [2.24, 2.45) is 0 Å². The molecule has 0 heterocycles. The van der Waals surface area contributed by atoms with Crippen molar-refractivity contribution in [1.29, 1.82) is 0 Å². The summed E-state index contributed by atoms with van der Waals surface area (Å²) in [6.07, 6.45) is 3.37. The molecule has 0 bridgehead atoms.